The minimum Gasteiger partial charge on any atom is -0.352 e. The lowest BCUT2D eigenvalue weighted by atomic mass is 10.2. The summed E-state index contributed by atoms with van der Waals surface area (Å²) in [6.07, 6.45) is 0.712. The summed E-state index contributed by atoms with van der Waals surface area (Å²) in [6, 6.07) is 14.2. The highest BCUT2D eigenvalue weighted by atomic mass is 35.5. The van der Waals surface area contributed by atoms with Crippen LogP contribution in [0.1, 0.15) is 28.9 Å². The van der Waals surface area contributed by atoms with Gasteiger partial charge in [-0.05, 0) is 61.9 Å². The summed E-state index contributed by atoms with van der Waals surface area (Å²) in [5, 5.41) is 10.5. The van der Waals surface area contributed by atoms with Crippen molar-refractivity contribution in [2.45, 2.75) is 19.8 Å². The zero-order chi connectivity index (χ0) is 20.8. The fourth-order valence-corrected chi connectivity index (χ4v) is 2.85. The highest BCUT2D eigenvalue weighted by Gasteiger charge is 2.11. The molecule has 0 bridgehead atoms. The molecule has 150 valence electrons. The van der Waals surface area contributed by atoms with Crippen LogP contribution in [0.15, 0.2) is 54.6 Å². The number of aryl methyl sites for hydroxylation is 1. The number of carbonyl (C=O) groups is 2. The molecule has 0 aliphatic heterocycles. The maximum atomic E-state index is 13.1. The van der Waals surface area contributed by atoms with E-state index in [0.717, 1.165) is 5.69 Å². The molecule has 29 heavy (non-hydrogen) atoms. The summed E-state index contributed by atoms with van der Waals surface area (Å²) >= 11 is 5.80. The van der Waals surface area contributed by atoms with Crippen LogP contribution in [0.2, 0.25) is 5.02 Å². The summed E-state index contributed by atoms with van der Waals surface area (Å²) in [7, 11) is 0. The zero-order valence-corrected chi connectivity index (χ0v) is 16.5. The highest BCUT2D eigenvalue weighted by Crippen LogP contribution is 2.18. The number of anilines is 1. The number of carbonyl (C=O) groups excluding carboxylic acids is 2. The van der Waals surface area contributed by atoms with E-state index in [2.05, 4.69) is 15.7 Å². The van der Waals surface area contributed by atoms with Crippen LogP contribution in [0.5, 0.6) is 0 Å². The number of aromatic nitrogens is 2. The Morgan fingerprint density at radius 3 is 2.48 bits per heavy atom. The average molecular weight is 415 g/mol. The first-order valence-corrected chi connectivity index (χ1v) is 9.46. The lowest BCUT2D eigenvalue weighted by Crippen LogP contribution is -2.25. The third kappa shape index (κ3) is 5.65. The molecule has 8 heteroatoms. The Hall–Kier alpha value is -3.19. The summed E-state index contributed by atoms with van der Waals surface area (Å²) in [4.78, 5) is 24.3. The van der Waals surface area contributed by atoms with E-state index < -0.39 is 0 Å². The van der Waals surface area contributed by atoms with Crippen molar-refractivity contribution in [3.63, 3.8) is 0 Å². The number of rotatable bonds is 7. The van der Waals surface area contributed by atoms with Gasteiger partial charge >= 0.3 is 0 Å². The van der Waals surface area contributed by atoms with Crippen molar-refractivity contribution in [1.29, 1.82) is 0 Å². The zero-order valence-electron chi connectivity index (χ0n) is 15.8. The predicted molar refractivity (Wildman–Crippen MR) is 110 cm³/mol. The first kappa shape index (κ1) is 20.5. The SMILES string of the molecule is Cc1cc(NC(=O)CCCNC(=O)c2ccc(Cl)cc2)n(-c2ccc(F)cc2)n1. The third-order valence-corrected chi connectivity index (χ3v) is 4.39. The van der Waals surface area contributed by atoms with Gasteiger partial charge in [0, 0.05) is 29.6 Å². The molecule has 0 aliphatic rings. The minimum absolute atomic E-state index is 0.200. The second kappa shape index (κ2) is 9.34. The first-order chi connectivity index (χ1) is 13.9. The predicted octanol–water partition coefficient (Wildman–Crippen LogP) is 4.12. The van der Waals surface area contributed by atoms with Crippen molar-refractivity contribution >= 4 is 29.2 Å². The van der Waals surface area contributed by atoms with Gasteiger partial charge in [0.2, 0.25) is 5.91 Å². The average Bonchev–Trinajstić information content (AvgIpc) is 3.06. The number of hydrogen-bond donors (Lipinski definition) is 2. The number of nitrogens with one attached hydrogen (secondary N) is 2. The van der Waals surface area contributed by atoms with Crippen LogP contribution in [0.25, 0.3) is 5.69 Å². The van der Waals surface area contributed by atoms with Gasteiger partial charge < -0.3 is 10.6 Å². The summed E-state index contributed by atoms with van der Waals surface area (Å²) < 4.78 is 14.7. The van der Waals surface area contributed by atoms with Crippen molar-refractivity contribution in [1.82, 2.24) is 15.1 Å². The van der Waals surface area contributed by atoms with E-state index in [-0.39, 0.29) is 24.1 Å². The normalized spacial score (nSPS) is 10.6. The number of benzene rings is 2. The highest BCUT2D eigenvalue weighted by molar-refractivity contribution is 6.30. The van der Waals surface area contributed by atoms with E-state index in [1.807, 2.05) is 6.92 Å². The topological polar surface area (TPSA) is 76.0 Å². The van der Waals surface area contributed by atoms with Gasteiger partial charge in [-0.15, -0.1) is 0 Å². The van der Waals surface area contributed by atoms with Gasteiger partial charge in [0.15, 0.2) is 0 Å². The summed E-state index contributed by atoms with van der Waals surface area (Å²) in [6.45, 7) is 2.17. The molecule has 0 unspecified atom stereocenters. The molecule has 0 saturated heterocycles. The molecule has 1 heterocycles. The first-order valence-electron chi connectivity index (χ1n) is 9.08. The molecule has 2 N–H and O–H groups in total. The van der Waals surface area contributed by atoms with Gasteiger partial charge in [-0.3, -0.25) is 9.59 Å². The lowest BCUT2D eigenvalue weighted by Gasteiger charge is -2.09. The monoisotopic (exact) mass is 414 g/mol. The van der Waals surface area contributed by atoms with Crippen LogP contribution in [0, 0.1) is 12.7 Å². The van der Waals surface area contributed by atoms with E-state index in [1.54, 1.807) is 47.1 Å². The fourth-order valence-electron chi connectivity index (χ4n) is 2.73. The van der Waals surface area contributed by atoms with E-state index in [1.165, 1.54) is 12.1 Å². The molecular formula is C21H20ClFN4O2. The van der Waals surface area contributed by atoms with Crippen molar-refractivity contribution in [2.75, 3.05) is 11.9 Å². The maximum absolute atomic E-state index is 13.1. The second-order valence-electron chi connectivity index (χ2n) is 6.47. The molecule has 2 aromatic carbocycles. The molecule has 1 aromatic heterocycles. The van der Waals surface area contributed by atoms with Crippen molar-refractivity contribution in [3.8, 4) is 5.69 Å². The minimum atomic E-state index is -0.344. The van der Waals surface area contributed by atoms with Crippen molar-refractivity contribution < 1.29 is 14.0 Å². The molecule has 0 radical (unpaired) electrons. The molecule has 0 atom stereocenters. The van der Waals surface area contributed by atoms with Gasteiger partial charge in [-0.2, -0.15) is 5.10 Å². The molecule has 3 aromatic rings. The van der Waals surface area contributed by atoms with Gasteiger partial charge in [-0.25, -0.2) is 9.07 Å². The summed E-state index contributed by atoms with van der Waals surface area (Å²) in [5.41, 5.74) is 1.88. The Morgan fingerprint density at radius 1 is 1.10 bits per heavy atom. The standard InChI is InChI=1S/C21H20ClFN4O2/c1-14-13-19(27(26-14)18-10-8-17(23)9-11-18)25-20(28)3-2-12-24-21(29)15-4-6-16(22)7-5-15/h4-11,13H,2-3,12H2,1H3,(H,24,29)(H,25,28). The Morgan fingerprint density at radius 2 is 1.79 bits per heavy atom. The van der Waals surface area contributed by atoms with Crippen molar-refractivity contribution in [2.24, 2.45) is 0 Å². The largest absolute Gasteiger partial charge is 0.352 e. The smallest absolute Gasteiger partial charge is 0.251 e. The molecule has 0 saturated carbocycles. The number of nitrogens with zero attached hydrogens (tertiary/aromatic N) is 2. The lowest BCUT2D eigenvalue weighted by molar-refractivity contribution is -0.116. The Labute approximate surface area is 172 Å². The second-order valence-corrected chi connectivity index (χ2v) is 6.91. The van der Waals surface area contributed by atoms with Crippen LogP contribution >= 0.6 is 11.6 Å². The van der Waals surface area contributed by atoms with Crippen LogP contribution in [0.3, 0.4) is 0 Å². The van der Waals surface area contributed by atoms with Gasteiger partial charge in [0.05, 0.1) is 11.4 Å². The van der Waals surface area contributed by atoms with Crippen LogP contribution in [0.4, 0.5) is 10.2 Å². The molecule has 6 nitrogen and oxygen atoms in total. The number of amides is 2. The van der Waals surface area contributed by atoms with E-state index in [4.69, 9.17) is 11.6 Å². The molecule has 0 aliphatic carbocycles. The third-order valence-electron chi connectivity index (χ3n) is 4.14. The molecule has 0 fully saturated rings. The molecular weight excluding hydrogens is 395 g/mol. The van der Waals surface area contributed by atoms with Gasteiger partial charge in [0.25, 0.3) is 5.91 Å². The van der Waals surface area contributed by atoms with Crippen molar-refractivity contribution in [3.05, 3.63) is 76.7 Å². The van der Waals surface area contributed by atoms with Gasteiger partial charge in [-0.1, -0.05) is 11.6 Å². The molecule has 3 rings (SSSR count). The molecule has 2 amide bonds. The summed E-state index contributed by atoms with van der Waals surface area (Å²) in [5.74, 6) is -0.255. The quantitative estimate of drug-likeness (QED) is 0.571. The Bertz CT molecular complexity index is 1000. The van der Waals surface area contributed by atoms with Crippen LogP contribution in [-0.4, -0.2) is 28.1 Å². The number of halogens is 2. The Balaban J connectivity index is 1.50. The van der Waals surface area contributed by atoms with Crippen LogP contribution in [-0.2, 0) is 4.79 Å². The Kier molecular flexibility index (Phi) is 6.61. The van der Waals surface area contributed by atoms with Crippen LogP contribution < -0.4 is 10.6 Å². The van der Waals surface area contributed by atoms with E-state index >= 15 is 0 Å². The van der Waals surface area contributed by atoms with E-state index in [9.17, 15) is 14.0 Å². The maximum Gasteiger partial charge on any atom is 0.251 e. The number of hydrogen-bond acceptors (Lipinski definition) is 3. The van der Waals surface area contributed by atoms with Gasteiger partial charge in [0.1, 0.15) is 11.6 Å². The fraction of sp³-hybridized carbons (Fsp3) is 0.190. The molecule has 0 spiro atoms. The van der Waals surface area contributed by atoms with E-state index in [0.29, 0.717) is 35.1 Å².